The monoisotopic (exact) mass is 356 g/mol. The van der Waals surface area contributed by atoms with Crippen LogP contribution in [0.5, 0.6) is 5.75 Å². The van der Waals surface area contributed by atoms with E-state index in [1.54, 1.807) is 30.3 Å². The first-order valence-corrected chi connectivity index (χ1v) is 6.33. The molecule has 0 aliphatic rings. The summed E-state index contributed by atoms with van der Waals surface area (Å²) < 4.78 is 19.5. The number of carbonyl (C=O) groups excluding carboxylic acids is 1. The molecule has 0 spiro atoms. The molecule has 92 valence electrons. The maximum atomic E-state index is 13.6. The first-order valence-electron chi connectivity index (χ1n) is 5.25. The zero-order valence-corrected chi connectivity index (χ0v) is 11.8. The lowest BCUT2D eigenvalue weighted by Gasteiger charge is -2.05. The Morgan fingerprint density at radius 1 is 1.22 bits per heavy atom. The van der Waals surface area contributed by atoms with Gasteiger partial charge in [0.1, 0.15) is 11.6 Å². The van der Waals surface area contributed by atoms with Gasteiger partial charge >= 0.3 is 0 Å². The highest BCUT2D eigenvalue weighted by Gasteiger charge is 2.14. The summed E-state index contributed by atoms with van der Waals surface area (Å²) in [7, 11) is 1.52. The third-order valence-electron chi connectivity index (χ3n) is 2.50. The lowest BCUT2D eigenvalue weighted by atomic mass is 10.0. The highest BCUT2D eigenvalue weighted by Crippen LogP contribution is 2.19. The standard InChI is InChI=1S/C14H10FIO2/c1-18-11-4-2-3-9(7-11)14(17)12-8-10(16)5-6-13(12)15/h2-8H,1H3. The van der Waals surface area contributed by atoms with Crippen molar-refractivity contribution in [1.82, 2.24) is 0 Å². The molecule has 0 atom stereocenters. The molecule has 0 N–H and O–H groups in total. The fourth-order valence-corrected chi connectivity index (χ4v) is 2.08. The SMILES string of the molecule is COc1cccc(C(=O)c2cc(I)ccc2F)c1. The van der Waals surface area contributed by atoms with Gasteiger partial charge in [0, 0.05) is 9.13 Å². The summed E-state index contributed by atoms with van der Waals surface area (Å²) in [5, 5.41) is 0. The molecule has 0 unspecified atom stereocenters. The average molecular weight is 356 g/mol. The first kappa shape index (κ1) is 13.0. The van der Waals surface area contributed by atoms with Gasteiger partial charge in [0.25, 0.3) is 0 Å². The number of methoxy groups -OCH3 is 1. The van der Waals surface area contributed by atoms with E-state index in [2.05, 4.69) is 0 Å². The normalized spacial score (nSPS) is 10.2. The number of ether oxygens (including phenoxy) is 1. The second-order valence-electron chi connectivity index (χ2n) is 3.69. The van der Waals surface area contributed by atoms with Crippen LogP contribution in [0.25, 0.3) is 0 Å². The van der Waals surface area contributed by atoms with Crippen molar-refractivity contribution in [1.29, 1.82) is 0 Å². The Labute approximate surface area is 118 Å². The second-order valence-corrected chi connectivity index (χ2v) is 4.93. The van der Waals surface area contributed by atoms with E-state index in [9.17, 15) is 9.18 Å². The third kappa shape index (κ3) is 2.69. The molecule has 0 saturated heterocycles. The van der Waals surface area contributed by atoms with Crippen molar-refractivity contribution in [3.8, 4) is 5.75 Å². The Kier molecular flexibility index (Phi) is 3.96. The van der Waals surface area contributed by atoms with Crippen LogP contribution in [0.15, 0.2) is 42.5 Å². The van der Waals surface area contributed by atoms with Gasteiger partial charge in [-0.05, 0) is 52.9 Å². The summed E-state index contributed by atoms with van der Waals surface area (Å²) in [5.74, 6) is -0.278. The lowest BCUT2D eigenvalue weighted by molar-refractivity contribution is 0.103. The van der Waals surface area contributed by atoms with Crippen LogP contribution in [0.4, 0.5) is 4.39 Å². The van der Waals surface area contributed by atoms with Crippen LogP contribution < -0.4 is 4.74 Å². The molecule has 0 amide bonds. The van der Waals surface area contributed by atoms with Gasteiger partial charge in [0.05, 0.1) is 12.7 Å². The molecule has 0 aromatic heterocycles. The minimum Gasteiger partial charge on any atom is -0.497 e. The van der Waals surface area contributed by atoms with Gasteiger partial charge in [-0.1, -0.05) is 12.1 Å². The molecule has 2 aromatic carbocycles. The molecule has 2 nitrogen and oxygen atoms in total. The van der Waals surface area contributed by atoms with Gasteiger partial charge in [-0.25, -0.2) is 4.39 Å². The quantitative estimate of drug-likeness (QED) is 0.620. The van der Waals surface area contributed by atoms with Gasteiger partial charge < -0.3 is 4.74 Å². The second kappa shape index (κ2) is 5.48. The zero-order valence-electron chi connectivity index (χ0n) is 9.61. The molecule has 0 bridgehead atoms. The van der Waals surface area contributed by atoms with E-state index in [1.165, 1.54) is 19.2 Å². The van der Waals surface area contributed by atoms with E-state index in [0.29, 0.717) is 11.3 Å². The molecule has 0 radical (unpaired) electrons. The average Bonchev–Trinajstić information content (AvgIpc) is 2.41. The van der Waals surface area contributed by atoms with Crippen molar-refractivity contribution in [3.63, 3.8) is 0 Å². The summed E-state index contributed by atoms with van der Waals surface area (Å²) in [6.45, 7) is 0. The van der Waals surface area contributed by atoms with Gasteiger partial charge in [-0.2, -0.15) is 0 Å². The van der Waals surface area contributed by atoms with Crippen molar-refractivity contribution in [2.45, 2.75) is 0 Å². The van der Waals surface area contributed by atoms with E-state index in [4.69, 9.17) is 4.74 Å². The molecule has 0 aliphatic carbocycles. The number of hydrogen-bond acceptors (Lipinski definition) is 2. The molecule has 0 heterocycles. The smallest absolute Gasteiger partial charge is 0.196 e. The summed E-state index contributed by atoms with van der Waals surface area (Å²) in [6.07, 6.45) is 0. The lowest BCUT2D eigenvalue weighted by Crippen LogP contribution is -2.05. The van der Waals surface area contributed by atoms with Crippen LogP contribution >= 0.6 is 22.6 Å². The van der Waals surface area contributed by atoms with Crippen molar-refractivity contribution in [3.05, 3.63) is 63.0 Å². The maximum Gasteiger partial charge on any atom is 0.196 e. The molecule has 0 saturated carbocycles. The summed E-state index contributed by atoms with van der Waals surface area (Å²) in [6, 6.07) is 11.1. The van der Waals surface area contributed by atoms with Gasteiger partial charge in [0.15, 0.2) is 5.78 Å². The van der Waals surface area contributed by atoms with Crippen LogP contribution in [-0.2, 0) is 0 Å². The third-order valence-corrected chi connectivity index (χ3v) is 3.18. The van der Waals surface area contributed by atoms with Gasteiger partial charge in [-0.3, -0.25) is 4.79 Å². The minimum atomic E-state index is -0.511. The summed E-state index contributed by atoms with van der Waals surface area (Å²) >= 11 is 2.05. The predicted octanol–water partition coefficient (Wildman–Crippen LogP) is 3.67. The molecule has 0 aliphatic heterocycles. The number of benzene rings is 2. The Bertz CT molecular complexity index is 596. The van der Waals surface area contributed by atoms with E-state index < -0.39 is 5.82 Å². The fraction of sp³-hybridized carbons (Fsp3) is 0.0714. The van der Waals surface area contributed by atoms with E-state index in [1.807, 2.05) is 22.6 Å². The molecular weight excluding hydrogens is 346 g/mol. The molecular formula is C14H10FIO2. The predicted molar refractivity (Wildman–Crippen MR) is 75.5 cm³/mol. The molecule has 18 heavy (non-hydrogen) atoms. The largest absolute Gasteiger partial charge is 0.497 e. The fourth-order valence-electron chi connectivity index (χ4n) is 1.59. The van der Waals surface area contributed by atoms with Crippen molar-refractivity contribution in [2.24, 2.45) is 0 Å². The van der Waals surface area contributed by atoms with Gasteiger partial charge in [0.2, 0.25) is 0 Å². The molecule has 4 heteroatoms. The maximum absolute atomic E-state index is 13.6. The van der Waals surface area contributed by atoms with Crippen LogP contribution in [0.1, 0.15) is 15.9 Å². The molecule has 0 fully saturated rings. The highest BCUT2D eigenvalue weighted by molar-refractivity contribution is 14.1. The summed E-state index contributed by atoms with van der Waals surface area (Å²) in [5.41, 5.74) is 0.491. The highest BCUT2D eigenvalue weighted by atomic mass is 127. The van der Waals surface area contributed by atoms with Crippen molar-refractivity contribution < 1.29 is 13.9 Å². The first-order chi connectivity index (χ1) is 8.61. The van der Waals surface area contributed by atoms with Crippen LogP contribution in [0, 0.1) is 9.39 Å². The Hall–Kier alpha value is -1.43. The van der Waals surface area contributed by atoms with E-state index in [0.717, 1.165) is 3.57 Å². The number of halogens is 2. The van der Waals surface area contributed by atoms with E-state index >= 15 is 0 Å². The Morgan fingerprint density at radius 3 is 2.72 bits per heavy atom. The van der Waals surface area contributed by atoms with Crippen LogP contribution in [-0.4, -0.2) is 12.9 Å². The number of rotatable bonds is 3. The molecule has 2 aromatic rings. The van der Waals surface area contributed by atoms with Gasteiger partial charge in [-0.15, -0.1) is 0 Å². The Morgan fingerprint density at radius 2 is 2.00 bits per heavy atom. The number of ketones is 1. The zero-order chi connectivity index (χ0) is 13.1. The van der Waals surface area contributed by atoms with E-state index in [-0.39, 0.29) is 11.3 Å². The van der Waals surface area contributed by atoms with Crippen LogP contribution in [0.3, 0.4) is 0 Å². The topological polar surface area (TPSA) is 26.3 Å². The molecule has 2 rings (SSSR count). The Balaban J connectivity index is 2.44. The minimum absolute atomic E-state index is 0.0788. The van der Waals surface area contributed by atoms with Crippen molar-refractivity contribution in [2.75, 3.05) is 7.11 Å². The van der Waals surface area contributed by atoms with Crippen LogP contribution in [0.2, 0.25) is 0 Å². The van der Waals surface area contributed by atoms with Crippen molar-refractivity contribution >= 4 is 28.4 Å². The number of carbonyl (C=O) groups is 1. The number of hydrogen-bond donors (Lipinski definition) is 0. The summed E-state index contributed by atoms with van der Waals surface area (Å²) in [4.78, 5) is 12.2.